The van der Waals surface area contributed by atoms with Crippen molar-refractivity contribution in [3.8, 4) is 17.3 Å². The lowest BCUT2D eigenvalue weighted by molar-refractivity contribution is -0.136. The van der Waals surface area contributed by atoms with Crippen LogP contribution in [0, 0.1) is 18.3 Å². The van der Waals surface area contributed by atoms with Gasteiger partial charge in [-0.3, -0.25) is 4.79 Å². The summed E-state index contributed by atoms with van der Waals surface area (Å²) in [5.74, 6) is -0.0775. The van der Waals surface area contributed by atoms with Crippen LogP contribution in [0.25, 0.3) is 22.6 Å². The summed E-state index contributed by atoms with van der Waals surface area (Å²) >= 11 is 4.92. The van der Waals surface area contributed by atoms with Gasteiger partial charge in [-0.15, -0.1) is 11.3 Å². The van der Waals surface area contributed by atoms with E-state index in [4.69, 9.17) is 9.72 Å². The Labute approximate surface area is 220 Å². The number of aromatic nitrogens is 1. The van der Waals surface area contributed by atoms with Gasteiger partial charge in [-0.05, 0) is 25.0 Å². The maximum Gasteiger partial charge on any atom is 0.311 e. The lowest BCUT2D eigenvalue weighted by Crippen LogP contribution is -2.06. The molecule has 35 heavy (non-hydrogen) atoms. The molecule has 0 bridgehead atoms. The van der Waals surface area contributed by atoms with E-state index in [-0.39, 0.29) is 17.3 Å². The number of hydrogen-bond acceptors (Lipinski definition) is 5. The molecule has 3 rings (SSSR count). The zero-order chi connectivity index (χ0) is 25.0. The molecule has 1 heterocycles. The van der Waals surface area contributed by atoms with Crippen molar-refractivity contribution in [2.75, 3.05) is 0 Å². The van der Waals surface area contributed by atoms with Crippen LogP contribution < -0.4 is 0 Å². The van der Waals surface area contributed by atoms with Crippen LogP contribution in [0.5, 0.6) is 0 Å². The number of hydrogen-bond donors (Lipinski definition) is 0. The van der Waals surface area contributed by atoms with E-state index in [1.807, 2.05) is 60.8 Å². The van der Waals surface area contributed by atoms with Gasteiger partial charge in [0.05, 0.1) is 5.69 Å². The predicted molar refractivity (Wildman–Crippen MR) is 148 cm³/mol. The minimum Gasteiger partial charge on any atom is -0.424 e. The van der Waals surface area contributed by atoms with Gasteiger partial charge in [0.1, 0.15) is 16.6 Å². The molecule has 1 aromatic heterocycles. The molecule has 0 fully saturated rings. The summed E-state index contributed by atoms with van der Waals surface area (Å²) in [4.78, 5) is 17.5. The van der Waals surface area contributed by atoms with Gasteiger partial charge in [0.25, 0.3) is 0 Å². The fourth-order valence-corrected chi connectivity index (χ4v) is 5.12. The van der Waals surface area contributed by atoms with Crippen LogP contribution in [0.15, 0.2) is 58.4 Å². The smallest absolute Gasteiger partial charge is 0.311 e. The number of thiazole rings is 1. The molecule has 0 amide bonds. The SMILES string of the molecule is CCCCCCCCCC(=O)OC(=C(C#N)c1nc(-c2ccccc2C)cs1)c1ccccc1Br. The Morgan fingerprint density at radius 3 is 2.43 bits per heavy atom. The molecule has 0 atom stereocenters. The lowest BCUT2D eigenvalue weighted by atomic mass is 10.1. The first-order valence-corrected chi connectivity index (χ1v) is 13.8. The molecule has 2 aromatic carbocycles. The number of ether oxygens (including phenoxy) is 1. The first-order valence-electron chi connectivity index (χ1n) is 12.2. The van der Waals surface area contributed by atoms with Gasteiger partial charge >= 0.3 is 5.97 Å². The minimum atomic E-state index is -0.326. The van der Waals surface area contributed by atoms with Crippen molar-refractivity contribution < 1.29 is 9.53 Å². The summed E-state index contributed by atoms with van der Waals surface area (Å²) in [6.07, 6.45) is 8.19. The normalized spacial score (nSPS) is 11.6. The van der Waals surface area contributed by atoms with E-state index in [0.29, 0.717) is 17.0 Å². The van der Waals surface area contributed by atoms with Gasteiger partial charge in [-0.1, -0.05) is 104 Å². The van der Waals surface area contributed by atoms with E-state index >= 15 is 0 Å². The fourth-order valence-electron chi connectivity index (χ4n) is 3.85. The maximum atomic E-state index is 12.8. The lowest BCUT2D eigenvalue weighted by Gasteiger charge is -2.12. The molecule has 4 nitrogen and oxygen atoms in total. The first-order chi connectivity index (χ1) is 17.0. The third-order valence-electron chi connectivity index (χ3n) is 5.80. The van der Waals surface area contributed by atoms with Crippen molar-refractivity contribution in [2.45, 2.75) is 65.2 Å². The topological polar surface area (TPSA) is 63.0 Å². The third kappa shape index (κ3) is 7.62. The van der Waals surface area contributed by atoms with Crippen LogP contribution in [0.1, 0.15) is 74.4 Å². The number of carbonyl (C=O) groups is 1. The molecule has 0 aliphatic carbocycles. The van der Waals surface area contributed by atoms with Crippen LogP contribution in [-0.4, -0.2) is 11.0 Å². The van der Waals surface area contributed by atoms with Crippen LogP contribution in [-0.2, 0) is 9.53 Å². The van der Waals surface area contributed by atoms with E-state index in [9.17, 15) is 10.1 Å². The van der Waals surface area contributed by atoms with Gasteiger partial charge in [0.2, 0.25) is 0 Å². The average Bonchev–Trinajstić information content (AvgIpc) is 3.33. The molecule has 0 N–H and O–H groups in total. The Kier molecular flexibility index (Phi) is 10.7. The first kappa shape index (κ1) is 26.8. The largest absolute Gasteiger partial charge is 0.424 e. The number of unbranched alkanes of at least 4 members (excludes halogenated alkanes) is 6. The molecule has 0 aliphatic heterocycles. The number of halogens is 1. The summed E-state index contributed by atoms with van der Waals surface area (Å²) < 4.78 is 6.62. The minimum absolute atomic E-state index is 0.249. The van der Waals surface area contributed by atoms with E-state index in [0.717, 1.165) is 40.6 Å². The average molecular weight is 552 g/mol. The predicted octanol–water partition coefficient (Wildman–Crippen LogP) is 8.96. The molecule has 0 aliphatic rings. The molecule has 6 heteroatoms. The van der Waals surface area contributed by atoms with Crippen LogP contribution in [0.2, 0.25) is 0 Å². The number of rotatable bonds is 12. The molecule has 0 radical (unpaired) electrons. The fraction of sp³-hybridized carbons (Fsp3) is 0.345. The summed E-state index contributed by atoms with van der Waals surface area (Å²) in [5, 5.41) is 12.6. The summed E-state index contributed by atoms with van der Waals surface area (Å²) in [5.41, 5.74) is 3.85. The molecule has 3 aromatic rings. The number of esters is 1. The van der Waals surface area contributed by atoms with Crippen LogP contribution >= 0.6 is 27.3 Å². The van der Waals surface area contributed by atoms with Crippen molar-refractivity contribution >= 4 is 44.6 Å². The van der Waals surface area contributed by atoms with Crippen molar-refractivity contribution in [2.24, 2.45) is 0 Å². The molecule has 0 spiro atoms. The van der Waals surface area contributed by atoms with Gasteiger partial charge in [-0.2, -0.15) is 5.26 Å². The molecule has 0 saturated carbocycles. The number of benzene rings is 2. The third-order valence-corrected chi connectivity index (χ3v) is 7.35. The maximum absolute atomic E-state index is 12.8. The second kappa shape index (κ2) is 14.0. The monoisotopic (exact) mass is 550 g/mol. The van der Waals surface area contributed by atoms with Crippen molar-refractivity contribution in [3.63, 3.8) is 0 Å². The number of nitriles is 1. The van der Waals surface area contributed by atoms with Gasteiger partial charge in [0.15, 0.2) is 5.76 Å². The van der Waals surface area contributed by atoms with E-state index < -0.39 is 0 Å². The number of carbonyl (C=O) groups excluding carboxylic acids is 1. The molecule has 0 unspecified atom stereocenters. The standard InChI is InChI=1S/C29H31BrN2O2S/c1-3-4-5-6-7-8-9-18-27(33)34-28(23-16-12-13-17-25(23)30)24(19-31)29-32-26(20-35-29)22-15-11-10-14-21(22)2/h10-17,20H,3-9,18H2,1-2H3. The van der Waals surface area contributed by atoms with E-state index in [1.165, 1.54) is 37.0 Å². The summed E-state index contributed by atoms with van der Waals surface area (Å²) in [6, 6.07) is 17.7. The highest BCUT2D eigenvalue weighted by Gasteiger charge is 2.21. The van der Waals surface area contributed by atoms with Crippen LogP contribution in [0.4, 0.5) is 0 Å². The molecule has 182 valence electrons. The van der Waals surface area contributed by atoms with Crippen molar-refractivity contribution in [1.29, 1.82) is 5.26 Å². The molecular formula is C29H31BrN2O2S. The quantitative estimate of drug-likeness (QED) is 0.0976. The second-order valence-electron chi connectivity index (χ2n) is 8.49. The van der Waals surface area contributed by atoms with E-state index in [1.54, 1.807) is 0 Å². The van der Waals surface area contributed by atoms with Crippen molar-refractivity contribution in [1.82, 2.24) is 4.98 Å². The van der Waals surface area contributed by atoms with Gasteiger partial charge in [-0.25, -0.2) is 4.98 Å². The molecule has 0 saturated heterocycles. The van der Waals surface area contributed by atoms with Crippen LogP contribution in [0.3, 0.4) is 0 Å². The number of nitrogens with zero attached hydrogens (tertiary/aromatic N) is 2. The second-order valence-corrected chi connectivity index (χ2v) is 10.2. The van der Waals surface area contributed by atoms with E-state index in [2.05, 4.69) is 28.9 Å². The summed E-state index contributed by atoms with van der Waals surface area (Å²) in [6.45, 7) is 4.24. The van der Waals surface area contributed by atoms with Gasteiger partial charge < -0.3 is 4.74 Å². The Balaban J connectivity index is 1.84. The highest BCUT2D eigenvalue weighted by molar-refractivity contribution is 9.10. The van der Waals surface area contributed by atoms with Gasteiger partial charge in [0, 0.05) is 27.4 Å². The Bertz CT molecular complexity index is 1210. The number of aryl methyl sites for hydroxylation is 1. The zero-order valence-corrected chi connectivity index (χ0v) is 22.8. The number of allylic oxidation sites excluding steroid dienone is 1. The highest BCUT2D eigenvalue weighted by Crippen LogP contribution is 2.35. The zero-order valence-electron chi connectivity index (χ0n) is 20.4. The Hall–Kier alpha value is -2.75. The Morgan fingerprint density at radius 1 is 1.03 bits per heavy atom. The molecular weight excluding hydrogens is 520 g/mol. The summed E-state index contributed by atoms with van der Waals surface area (Å²) in [7, 11) is 0. The van der Waals surface area contributed by atoms with Crippen molar-refractivity contribution in [3.05, 3.63) is 74.5 Å². The Morgan fingerprint density at radius 2 is 1.71 bits per heavy atom. The highest BCUT2D eigenvalue weighted by atomic mass is 79.9.